The van der Waals surface area contributed by atoms with Crippen molar-refractivity contribution >= 4 is 16.5 Å². The fourth-order valence-corrected chi connectivity index (χ4v) is 1.70. The predicted octanol–water partition coefficient (Wildman–Crippen LogP) is 2.81. The fraction of sp³-hybridized carbons (Fsp3) is 0.250. The van der Waals surface area contributed by atoms with E-state index in [1.807, 2.05) is 12.4 Å². The van der Waals surface area contributed by atoms with E-state index in [1.165, 1.54) is 29.3 Å². The molecule has 3 rings (SSSR count). The molecule has 0 spiro atoms. The van der Waals surface area contributed by atoms with E-state index in [9.17, 15) is 0 Å². The van der Waals surface area contributed by atoms with Crippen molar-refractivity contribution in [3.05, 3.63) is 36.7 Å². The molecule has 0 radical (unpaired) electrons. The molecule has 1 aromatic heterocycles. The summed E-state index contributed by atoms with van der Waals surface area (Å²) in [6.45, 7) is 0. The number of pyridine rings is 1. The average Bonchev–Trinajstić information content (AvgIpc) is 3.03. The quantitative estimate of drug-likeness (QED) is 0.776. The highest BCUT2D eigenvalue weighted by Gasteiger charge is 2.21. The number of nitrogens with zero attached hydrogens (tertiary/aromatic N) is 1. The number of aromatic nitrogens is 1. The largest absolute Gasteiger partial charge is 0.382 e. The highest BCUT2D eigenvalue weighted by Crippen LogP contribution is 2.29. The Morgan fingerprint density at radius 2 is 2.14 bits per heavy atom. The normalized spacial score (nSPS) is 15.7. The molecule has 70 valence electrons. The Morgan fingerprint density at radius 3 is 3.00 bits per heavy atom. The Balaban J connectivity index is 2.11. The van der Waals surface area contributed by atoms with Gasteiger partial charge in [0.05, 0.1) is 0 Å². The average molecular weight is 184 g/mol. The summed E-state index contributed by atoms with van der Waals surface area (Å²) >= 11 is 0. The predicted molar refractivity (Wildman–Crippen MR) is 58.4 cm³/mol. The third kappa shape index (κ3) is 1.33. The maximum absolute atomic E-state index is 4.12. The van der Waals surface area contributed by atoms with Crippen molar-refractivity contribution in [3.8, 4) is 0 Å². The lowest BCUT2D eigenvalue weighted by molar-refractivity contribution is 1.16. The van der Waals surface area contributed by atoms with Crippen LogP contribution in [0.1, 0.15) is 12.8 Å². The molecule has 1 saturated carbocycles. The van der Waals surface area contributed by atoms with Gasteiger partial charge in [0.1, 0.15) is 0 Å². The summed E-state index contributed by atoms with van der Waals surface area (Å²) in [7, 11) is 0. The fourth-order valence-electron chi connectivity index (χ4n) is 1.70. The molecule has 1 aliphatic carbocycles. The summed E-state index contributed by atoms with van der Waals surface area (Å²) in [5.74, 6) is 0. The highest BCUT2D eigenvalue weighted by molar-refractivity contribution is 5.93. The van der Waals surface area contributed by atoms with Crippen molar-refractivity contribution in [2.24, 2.45) is 0 Å². The minimum Gasteiger partial charge on any atom is -0.382 e. The Bertz CT molecular complexity index is 455. The number of anilines is 1. The van der Waals surface area contributed by atoms with Gasteiger partial charge in [0.2, 0.25) is 0 Å². The van der Waals surface area contributed by atoms with Gasteiger partial charge in [-0.2, -0.15) is 0 Å². The summed E-state index contributed by atoms with van der Waals surface area (Å²) in [6.07, 6.45) is 6.37. The Kier molecular flexibility index (Phi) is 1.66. The van der Waals surface area contributed by atoms with E-state index in [4.69, 9.17) is 0 Å². The standard InChI is InChI=1S/C12H12N2/c1-2-9-8-13-7-6-11(9)12(3-1)14-10-4-5-10/h1-3,6-8,10,14H,4-5H2. The highest BCUT2D eigenvalue weighted by atomic mass is 15.0. The molecule has 0 unspecified atom stereocenters. The van der Waals surface area contributed by atoms with Gasteiger partial charge in [0, 0.05) is 34.9 Å². The van der Waals surface area contributed by atoms with Crippen LogP contribution in [0, 0.1) is 0 Å². The number of hydrogen-bond donors (Lipinski definition) is 1. The van der Waals surface area contributed by atoms with Gasteiger partial charge in [0.15, 0.2) is 0 Å². The third-order valence-corrected chi connectivity index (χ3v) is 2.62. The van der Waals surface area contributed by atoms with Gasteiger partial charge in [-0.25, -0.2) is 0 Å². The first-order chi connectivity index (χ1) is 6.93. The van der Waals surface area contributed by atoms with Crippen LogP contribution in [0.5, 0.6) is 0 Å². The Hall–Kier alpha value is -1.57. The summed E-state index contributed by atoms with van der Waals surface area (Å²) < 4.78 is 0. The molecule has 1 N–H and O–H groups in total. The van der Waals surface area contributed by atoms with E-state index < -0.39 is 0 Å². The van der Waals surface area contributed by atoms with Crippen molar-refractivity contribution in [2.45, 2.75) is 18.9 Å². The van der Waals surface area contributed by atoms with E-state index in [2.05, 4.69) is 34.6 Å². The lowest BCUT2D eigenvalue weighted by Crippen LogP contribution is -2.00. The second kappa shape index (κ2) is 2.98. The molecule has 1 heterocycles. The van der Waals surface area contributed by atoms with Gasteiger partial charge in [0.25, 0.3) is 0 Å². The summed E-state index contributed by atoms with van der Waals surface area (Å²) in [5.41, 5.74) is 1.24. The molecular weight excluding hydrogens is 172 g/mol. The summed E-state index contributed by atoms with van der Waals surface area (Å²) in [4.78, 5) is 4.12. The van der Waals surface area contributed by atoms with Gasteiger partial charge < -0.3 is 5.32 Å². The van der Waals surface area contributed by atoms with Crippen molar-refractivity contribution in [3.63, 3.8) is 0 Å². The van der Waals surface area contributed by atoms with Crippen LogP contribution >= 0.6 is 0 Å². The minimum absolute atomic E-state index is 0.703. The van der Waals surface area contributed by atoms with Crippen LogP contribution in [-0.2, 0) is 0 Å². The summed E-state index contributed by atoms with van der Waals surface area (Å²) in [6, 6.07) is 9.09. The van der Waals surface area contributed by atoms with E-state index in [0.29, 0.717) is 6.04 Å². The molecule has 1 fully saturated rings. The second-order valence-corrected chi connectivity index (χ2v) is 3.82. The number of nitrogens with one attached hydrogen (secondary N) is 1. The number of fused-ring (bicyclic) bond motifs is 1. The van der Waals surface area contributed by atoms with E-state index in [-0.39, 0.29) is 0 Å². The van der Waals surface area contributed by atoms with Gasteiger partial charge in [-0.15, -0.1) is 0 Å². The second-order valence-electron chi connectivity index (χ2n) is 3.82. The Labute approximate surface area is 83.0 Å². The first-order valence-corrected chi connectivity index (χ1v) is 5.03. The van der Waals surface area contributed by atoms with Crippen LogP contribution in [0.3, 0.4) is 0 Å². The monoisotopic (exact) mass is 184 g/mol. The lowest BCUT2D eigenvalue weighted by Gasteiger charge is -2.07. The molecule has 14 heavy (non-hydrogen) atoms. The minimum atomic E-state index is 0.703. The number of rotatable bonds is 2. The van der Waals surface area contributed by atoms with Crippen LogP contribution in [0.15, 0.2) is 36.7 Å². The van der Waals surface area contributed by atoms with Gasteiger partial charge >= 0.3 is 0 Å². The maximum atomic E-state index is 4.12. The molecule has 0 bridgehead atoms. The van der Waals surface area contributed by atoms with Crippen LogP contribution in [0.4, 0.5) is 5.69 Å². The first-order valence-electron chi connectivity index (χ1n) is 5.03. The van der Waals surface area contributed by atoms with Crippen molar-refractivity contribution in [2.75, 3.05) is 5.32 Å². The number of benzene rings is 1. The molecule has 2 heteroatoms. The maximum Gasteiger partial charge on any atom is 0.0423 e. The molecule has 0 amide bonds. The molecule has 0 aliphatic heterocycles. The van der Waals surface area contributed by atoms with E-state index in [1.54, 1.807) is 0 Å². The van der Waals surface area contributed by atoms with Crippen molar-refractivity contribution in [1.29, 1.82) is 0 Å². The zero-order chi connectivity index (χ0) is 9.38. The zero-order valence-electron chi connectivity index (χ0n) is 7.90. The van der Waals surface area contributed by atoms with Crippen LogP contribution in [0.25, 0.3) is 10.8 Å². The smallest absolute Gasteiger partial charge is 0.0423 e. The Morgan fingerprint density at radius 1 is 1.21 bits per heavy atom. The molecule has 0 atom stereocenters. The van der Waals surface area contributed by atoms with Crippen LogP contribution in [-0.4, -0.2) is 11.0 Å². The molecule has 1 aromatic carbocycles. The molecule has 2 nitrogen and oxygen atoms in total. The molecular formula is C12H12N2. The number of hydrogen-bond acceptors (Lipinski definition) is 2. The van der Waals surface area contributed by atoms with E-state index in [0.717, 1.165) is 0 Å². The van der Waals surface area contributed by atoms with Crippen molar-refractivity contribution in [1.82, 2.24) is 4.98 Å². The van der Waals surface area contributed by atoms with Gasteiger partial charge in [-0.1, -0.05) is 12.1 Å². The molecule has 0 saturated heterocycles. The topological polar surface area (TPSA) is 24.9 Å². The third-order valence-electron chi connectivity index (χ3n) is 2.62. The van der Waals surface area contributed by atoms with Crippen LogP contribution in [0.2, 0.25) is 0 Å². The lowest BCUT2D eigenvalue weighted by atomic mass is 10.1. The first kappa shape index (κ1) is 7.80. The summed E-state index contributed by atoms with van der Waals surface area (Å²) in [5, 5.41) is 6.01. The molecule has 1 aliphatic rings. The zero-order valence-corrected chi connectivity index (χ0v) is 7.90. The van der Waals surface area contributed by atoms with Gasteiger partial charge in [-0.05, 0) is 25.0 Å². The van der Waals surface area contributed by atoms with Crippen molar-refractivity contribution < 1.29 is 0 Å². The SMILES string of the molecule is c1cc(NC2CC2)c2ccncc2c1. The van der Waals surface area contributed by atoms with Crippen LogP contribution < -0.4 is 5.32 Å². The molecule has 2 aromatic rings. The van der Waals surface area contributed by atoms with Gasteiger partial charge in [-0.3, -0.25) is 4.98 Å². The van der Waals surface area contributed by atoms with E-state index >= 15 is 0 Å².